The summed E-state index contributed by atoms with van der Waals surface area (Å²) in [6.07, 6.45) is 0.605. The van der Waals surface area contributed by atoms with Crippen LogP contribution < -0.4 is 4.74 Å². The zero-order valence-electron chi connectivity index (χ0n) is 19.5. The van der Waals surface area contributed by atoms with Crippen molar-refractivity contribution < 1.29 is 19.4 Å². The Balaban J connectivity index is 1.42. The molecule has 0 spiro atoms. The number of ether oxygens (including phenoxy) is 1. The highest BCUT2D eigenvalue weighted by atomic mass is 16.5. The third-order valence-corrected chi connectivity index (χ3v) is 6.51. The topological polar surface area (TPSA) is 85.9 Å². The molecule has 1 atom stereocenters. The lowest BCUT2D eigenvalue weighted by Crippen LogP contribution is -2.58. The number of carbonyl (C=O) groups is 2. The Morgan fingerprint density at radius 3 is 2.60 bits per heavy atom. The van der Waals surface area contributed by atoms with Gasteiger partial charge in [-0.05, 0) is 42.3 Å². The van der Waals surface area contributed by atoms with Crippen molar-refractivity contribution in [3.05, 3.63) is 95.7 Å². The zero-order chi connectivity index (χ0) is 24.4. The lowest BCUT2D eigenvalue weighted by Gasteiger charge is -2.41. The monoisotopic (exact) mass is 469 g/mol. The first-order chi connectivity index (χ1) is 17.0. The van der Waals surface area contributed by atoms with Gasteiger partial charge in [0.1, 0.15) is 23.7 Å². The fraction of sp³-hybridized carbons (Fsp3) is 0.214. The Morgan fingerprint density at radius 1 is 1.06 bits per heavy atom. The Morgan fingerprint density at radius 2 is 1.83 bits per heavy atom. The van der Waals surface area contributed by atoms with E-state index in [2.05, 4.69) is 4.98 Å². The van der Waals surface area contributed by atoms with Crippen LogP contribution in [-0.4, -0.2) is 57.9 Å². The molecular formula is C28H27N3O4. The number of nitrogens with zero attached hydrogens (tertiary/aromatic N) is 2. The Hall–Kier alpha value is -4.26. The summed E-state index contributed by atoms with van der Waals surface area (Å²) in [5, 5.41) is 11.2. The number of carbonyl (C=O) groups excluding carboxylic acids is 2. The van der Waals surface area contributed by atoms with E-state index in [-0.39, 0.29) is 36.7 Å². The summed E-state index contributed by atoms with van der Waals surface area (Å²) in [5.74, 6) is 0.512. The molecule has 0 radical (unpaired) electrons. The molecule has 1 aliphatic heterocycles. The predicted molar refractivity (Wildman–Crippen MR) is 133 cm³/mol. The number of H-pyrrole nitrogens is 1. The summed E-state index contributed by atoms with van der Waals surface area (Å²) in [6.45, 7) is 0.666. The number of piperazine rings is 1. The average Bonchev–Trinajstić information content (AvgIpc) is 3.30. The molecule has 0 unspecified atom stereocenters. The standard InChI is InChI=1S/C28H27N3O4/c1-35-23-11-12-24-21(14-23)15-25(29-24)28(34)30-17-22(13-19-7-3-2-4-8-19)31(27(33)18-30)16-20-9-5-6-10-26(20)32/h2-12,14-15,22,29,32H,13,16-18H2,1H3/t22-/m0/s1. The van der Waals surface area contributed by atoms with Crippen molar-refractivity contribution >= 4 is 22.7 Å². The van der Waals surface area contributed by atoms with Gasteiger partial charge in [-0.15, -0.1) is 0 Å². The summed E-state index contributed by atoms with van der Waals surface area (Å²) in [4.78, 5) is 33.3. The van der Waals surface area contributed by atoms with Crippen LogP contribution in [-0.2, 0) is 17.8 Å². The van der Waals surface area contributed by atoms with Gasteiger partial charge in [-0.2, -0.15) is 0 Å². The molecule has 1 fully saturated rings. The number of rotatable bonds is 6. The van der Waals surface area contributed by atoms with Crippen LogP contribution in [0.2, 0.25) is 0 Å². The van der Waals surface area contributed by atoms with E-state index in [1.807, 2.05) is 60.7 Å². The molecule has 7 heteroatoms. The van der Waals surface area contributed by atoms with Gasteiger partial charge in [0.25, 0.3) is 5.91 Å². The van der Waals surface area contributed by atoms with Gasteiger partial charge in [-0.3, -0.25) is 9.59 Å². The second kappa shape index (κ2) is 9.54. The van der Waals surface area contributed by atoms with E-state index in [1.54, 1.807) is 35.1 Å². The number of aromatic hydroxyl groups is 1. The zero-order valence-corrected chi connectivity index (χ0v) is 19.5. The molecule has 178 valence electrons. The number of benzene rings is 3. The number of nitrogens with one attached hydrogen (secondary N) is 1. The van der Waals surface area contributed by atoms with E-state index in [0.717, 1.165) is 16.5 Å². The highest BCUT2D eigenvalue weighted by Gasteiger charge is 2.35. The molecule has 0 saturated carbocycles. The maximum absolute atomic E-state index is 13.4. The lowest BCUT2D eigenvalue weighted by molar-refractivity contribution is -0.139. The molecule has 1 aromatic heterocycles. The molecule has 7 nitrogen and oxygen atoms in total. The predicted octanol–water partition coefficient (Wildman–Crippen LogP) is 3.98. The summed E-state index contributed by atoms with van der Waals surface area (Å²) >= 11 is 0. The van der Waals surface area contributed by atoms with Crippen LogP contribution in [0, 0.1) is 0 Å². The number of fused-ring (bicyclic) bond motifs is 1. The highest BCUT2D eigenvalue weighted by Crippen LogP contribution is 2.26. The quantitative estimate of drug-likeness (QED) is 0.447. The SMILES string of the molecule is COc1ccc2[nH]c(C(=O)N3CC(=O)N(Cc4ccccc4O)[C@@H](Cc4ccccc4)C3)cc2c1. The number of aromatic amines is 1. The van der Waals surface area contributed by atoms with E-state index in [1.165, 1.54) is 0 Å². The summed E-state index contributed by atoms with van der Waals surface area (Å²) in [7, 11) is 1.60. The number of phenols is 1. The van der Waals surface area contributed by atoms with Crippen molar-refractivity contribution in [1.29, 1.82) is 0 Å². The average molecular weight is 470 g/mol. The molecule has 0 bridgehead atoms. The molecule has 1 saturated heterocycles. The van der Waals surface area contributed by atoms with E-state index >= 15 is 0 Å². The van der Waals surface area contributed by atoms with Crippen molar-refractivity contribution in [1.82, 2.24) is 14.8 Å². The van der Waals surface area contributed by atoms with Crippen LogP contribution in [0.3, 0.4) is 0 Å². The molecule has 1 aliphatic rings. The van der Waals surface area contributed by atoms with E-state index in [0.29, 0.717) is 30.0 Å². The van der Waals surface area contributed by atoms with Crippen molar-refractivity contribution in [2.45, 2.75) is 19.0 Å². The molecular weight excluding hydrogens is 442 g/mol. The Bertz CT molecular complexity index is 1370. The van der Waals surface area contributed by atoms with E-state index in [9.17, 15) is 14.7 Å². The van der Waals surface area contributed by atoms with Gasteiger partial charge in [-0.25, -0.2) is 0 Å². The second-order valence-corrected chi connectivity index (χ2v) is 8.82. The number of methoxy groups -OCH3 is 1. The Labute approximate surface area is 203 Å². The number of aromatic nitrogens is 1. The van der Waals surface area contributed by atoms with Gasteiger partial charge >= 0.3 is 0 Å². The fourth-order valence-corrected chi connectivity index (χ4v) is 4.66. The summed E-state index contributed by atoms with van der Waals surface area (Å²) < 4.78 is 5.28. The highest BCUT2D eigenvalue weighted by molar-refractivity contribution is 6.00. The third kappa shape index (κ3) is 4.71. The van der Waals surface area contributed by atoms with E-state index in [4.69, 9.17) is 4.74 Å². The number of para-hydroxylation sites is 1. The number of phenolic OH excluding ortho intramolecular Hbond substituents is 1. The van der Waals surface area contributed by atoms with Crippen LogP contribution in [0.15, 0.2) is 78.9 Å². The molecule has 0 aliphatic carbocycles. The van der Waals surface area contributed by atoms with Gasteiger partial charge in [0.2, 0.25) is 5.91 Å². The van der Waals surface area contributed by atoms with Gasteiger partial charge in [0.15, 0.2) is 0 Å². The molecule has 4 aromatic rings. The smallest absolute Gasteiger partial charge is 0.270 e. The normalized spacial score (nSPS) is 16.0. The molecule has 2 N–H and O–H groups in total. The number of hydrogen-bond donors (Lipinski definition) is 2. The minimum absolute atomic E-state index is 0.0175. The van der Waals surface area contributed by atoms with E-state index < -0.39 is 0 Å². The molecule has 5 rings (SSSR count). The first-order valence-corrected chi connectivity index (χ1v) is 11.6. The molecule has 3 aromatic carbocycles. The second-order valence-electron chi connectivity index (χ2n) is 8.82. The van der Waals surface area contributed by atoms with Crippen molar-refractivity contribution in [2.75, 3.05) is 20.2 Å². The largest absolute Gasteiger partial charge is 0.508 e. The van der Waals surface area contributed by atoms with Crippen LogP contribution in [0.5, 0.6) is 11.5 Å². The fourth-order valence-electron chi connectivity index (χ4n) is 4.66. The maximum atomic E-state index is 13.4. The van der Waals surface area contributed by atoms with Gasteiger partial charge in [0.05, 0.1) is 13.2 Å². The minimum atomic E-state index is -0.230. The number of amides is 2. The maximum Gasteiger partial charge on any atom is 0.270 e. The minimum Gasteiger partial charge on any atom is -0.508 e. The van der Waals surface area contributed by atoms with Crippen LogP contribution in [0.1, 0.15) is 21.6 Å². The lowest BCUT2D eigenvalue weighted by atomic mass is 10.0. The Kier molecular flexibility index (Phi) is 6.14. The molecule has 2 heterocycles. The van der Waals surface area contributed by atoms with Crippen molar-refractivity contribution in [3.63, 3.8) is 0 Å². The molecule has 35 heavy (non-hydrogen) atoms. The van der Waals surface area contributed by atoms with Crippen LogP contribution in [0.4, 0.5) is 0 Å². The first-order valence-electron chi connectivity index (χ1n) is 11.6. The summed E-state index contributed by atoms with van der Waals surface area (Å²) in [6, 6.07) is 24.1. The number of hydrogen-bond acceptors (Lipinski definition) is 4. The van der Waals surface area contributed by atoms with Gasteiger partial charge < -0.3 is 24.6 Å². The van der Waals surface area contributed by atoms with Gasteiger partial charge in [-0.1, -0.05) is 48.5 Å². The van der Waals surface area contributed by atoms with Crippen LogP contribution >= 0.6 is 0 Å². The molecule has 2 amide bonds. The third-order valence-electron chi connectivity index (χ3n) is 6.51. The first kappa shape index (κ1) is 22.5. The van der Waals surface area contributed by atoms with Crippen molar-refractivity contribution in [2.24, 2.45) is 0 Å². The van der Waals surface area contributed by atoms with Crippen molar-refractivity contribution in [3.8, 4) is 11.5 Å². The summed E-state index contributed by atoms with van der Waals surface area (Å²) in [5.41, 5.74) is 3.04. The van der Waals surface area contributed by atoms with Gasteiger partial charge in [0, 0.05) is 29.6 Å². The van der Waals surface area contributed by atoms with Crippen LogP contribution in [0.25, 0.3) is 10.9 Å².